The minimum absolute atomic E-state index is 0.00509. The number of carbonyl (C=O) groups is 2. The largest absolute Gasteiger partial charge is 0.376 e. The molecule has 0 spiro atoms. The molecule has 1 saturated heterocycles. The molecule has 2 fully saturated rings. The van der Waals surface area contributed by atoms with Gasteiger partial charge in [-0.1, -0.05) is 36.9 Å². The summed E-state index contributed by atoms with van der Waals surface area (Å²) >= 11 is 6.35. The van der Waals surface area contributed by atoms with Gasteiger partial charge < -0.3 is 15.4 Å². The van der Waals surface area contributed by atoms with Crippen LogP contribution in [0.4, 0.5) is 4.39 Å². The van der Waals surface area contributed by atoms with Gasteiger partial charge in [-0.2, -0.15) is 0 Å². The zero-order valence-corrected chi connectivity index (χ0v) is 19.8. The van der Waals surface area contributed by atoms with E-state index in [4.69, 9.17) is 16.3 Å². The molecule has 0 bridgehead atoms. The van der Waals surface area contributed by atoms with Crippen molar-refractivity contribution in [2.24, 2.45) is 5.92 Å². The maximum absolute atomic E-state index is 14.7. The lowest BCUT2D eigenvalue weighted by atomic mass is 9.87. The summed E-state index contributed by atoms with van der Waals surface area (Å²) in [5.41, 5.74) is 0.373. The Bertz CT molecular complexity index is 768. The molecular formula is C24H35ClFN3O3. The number of nitrogens with zero attached hydrogens (tertiary/aromatic N) is 1. The molecule has 2 amide bonds. The van der Waals surface area contributed by atoms with Crippen LogP contribution in [0.25, 0.3) is 0 Å². The normalized spacial score (nSPS) is 22.2. The number of amides is 2. The van der Waals surface area contributed by atoms with Gasteiger partial charge in [-0.15, -0.1) is 0 Å². The second kappa shape index (κ2) is 12.0. The van der Waals surface area contributed by atoms with E-state index in [0.717, 1.165) is 12.8 Å². The molecule has 8 heteroatoms. The van der Waals surface area contributed by atoms with E-state index in [0.29, 0.717) is 42.6 Å². The molecule has 2 aliphatic rings. The predicted molar refractivity (Wildman–Crippen MR) is 123 cm³/mol. The third-order valence-electron chi connectivity index (χ3n) is 6.49. The molecule has 1 saturated carbocycles. The molecule has 1 heterocycles. The molecule has 3 unspecified atom stereocenters. The van der Waals surface area contributed by atoms with Gasteiger partial charge in [0.15, 0.2) is 0 Å². The molecule has 0 aromatic heterocycles. The first-order valence-electron chi connectivity index (χ1n) is 11.7. The van der Waals surface area contributed by atoms with Crippen LogP contribution in [-0.4, -0.2) is 55.1 Å². The van der Waals surface area contributed by atoms with Crippen LogP contribution in [0.3, 0.4) is 0 Å². The van der Waals surface area contributed by atoms with Crippen molar-refractivity contribution in [2.45, 2.75) is 70.6 Å². The van der Waals surface area contributed by atoms with Crippen molar-refractivity contribution in [2.75, 3.05) is 26.2 Å². The van der Waals surface area contributed by atoms with Crippen molar-refractivity contribution in [3.8, 4) is 0 Å². The first-order valence-corrected chi connectivity index (χ1v) is 12.1. The Morgan fingerprint density at radius 2 is 2.03 bits per heavy atom. The van der Waals surface area contributed by atoms with E-state index in [1.54, 1.807) is 19.1 Å². The second-order valence-corrected chi connectivity index (χ2v) is 9.48. The third-order valence-corrected chi connectivity index (χ3v) is 6.82. The Morgan fingerprint density at radius 1 is 1.28 bits per heavy atom. The number of hydrogen-bond acceptors (Lipinski definition) is 4. The average molecular weight is 468 g/mol. The predicted octanol–water partition coefficient (Wildman–Crippen LogP) is 3.83. The van der Waals surface area contributed by atoms with Gasteiger partial charge in [0.2, 0.25) is 11.8 Å². The molecule has 2 N–H and O–H groups in total. The number of hydrogen-bond donors (Lipinski definition) is 2. The molecular weight excluding hydrogens is 433 g/mol. The van der Waals surface area contributed by atoms with E-state index in [-0.39, 0.29) is 24.5 Å². The minimum atomic E-state index is -0.661. The van der Waals surface area contributed by atoms with Gasteiger partial charge in [0.1, 0.15) is 11.9 Å². The lowest BCUT2D eigenvalue weighted by Gasteiger charge is -2.38. The van der Waals surface area contributed by atoms with E-state index in [9.17, 15) is 14.0 Å². The number of ether oxygens (including phenoxy) is 1. The van der Waals surface area contributed by atoms with Crippen LogP contribution in [0, 0.1) is 11.7 Å². The van der Waals surface area contributed by atoms with Gasteiger partial charge in [0.05, 0.1) is 18.8 Å². The number of rotatable bonds is 8. The molecule has 1 aliphatic carbocycles. The van der Waals surface area contributed by atoms with Crippen LogP contribution in [0.1, 0.15) is 64.0 Å². The van der Waals surface area contributed by atoms with Crippen molar-refractivity contribution in [1.82, 2.24) is 15.5 Å². The molecule has 3 rings (SSSR count). The Labute approximate surface area is 195 Å². The second-order valence-electron chi connectivity index (χ2n) is 9.07. The SMILES string of the molecule is CC1CN(C(CNC(=O)C(C)NC(=O)CC2CCCCC2)c2c(F)cccc2Cl)CCO1. The molecule has 3 atom stereocenters. The van der Waals surface area contributed by atoms with Gasteiger partial charge in [-0.05, 0) is 44.7 Å². The fraction of sp³-hybridized carbons (Fsp3) is 0.667. The van der Waals surface area contributed by atoms with Gasteiger partial charge in [0, 0.05) is 36.6 Å². The summed E-state index contributed by atoms with van der Waals surface area (Å²) in [6.07, 6.45) is 6.23. The Kier molecular flexibility index (Phi) is 9.32. The molecule has 6 nitrogen and oxygen atoms in total. The van der Waals surface area contributed by atoms with Gasteiger partial charge in [-0.3, -0.25) is 14.5 Å². The summed E-state index contributed by atoms with van der Waals surface area (Å²) in [7, 11) is 0. The average Bonchev–Trinajstić information content (AvgIpc) is 2.76. The van der Waals surface area contributed by atoms with E-state index in [1.807, 2.05) is 6.92 Å². The summed E-state index contributed by atoms with van der Waals surface area (Å²) in [5, 5.41) is 6.04. The minimum Gasteiger partial charge on any atom is -0.376 e. The lowest BCUT2D eigenvalue weighted by molar-refractivity contribution is -0.129. The van der Waals surface area contributed by atoms with Crippen molar-refractivity contribution in [3.05, 3.63) is 34.6 Å². The number of benzene rings is 1. The summed E-state index contributed by atoms with van der Waals surface area (Å²) in [6.45, 7) is 5.59. The summed E-state index contributed by atoms with van der Waals surface area (Å²) < 4.78 is 20.3. The standard InChI is InChI=1S/C24H35ClFN3O3/c1-16-15-29(11-12-32-16)21(23-19(25)9-6-10-20(23)26)14-27-24(31)17(2)28-22(30)13-18-7-4-3-5-8-18/h6,9-10,16-18,21H,3-5,7-8,11-15H2,1-2H3,(H,27,31)(H,28,30). The molecule has 1 aliphatic heterocycles. The zero-order valence-electron chi connectivity index (χ0n) is 19.0. The highest BCUT2D eigenvalue weighted by Gasteiger charge is 2.30. The number of halogens is 2. The zero-order chi connectivity index (χ0) is 23.1. The van der Waals surface area contributed by atoms with Crippen molar-refractivity contribution in [3.63, 3.8) is 0 Å². The Hall–Kier alpha value is -1.70. The van der Waals surface area contributed by atoms with Crippen molar-refractivity contribution in [1.29, 1.82) is 0 Å². The lowest BCUT2D eigenvalue weighted by Crippen LogP contribution is -2.50. The topological polar surface area (TPSA) is 70.7 Å². The fourth-order valence-corrected chi connectivity index (χ4v) is 5.03. The fourth-order valence-electron chi connectivity index (χ4n) is 4.74. The van der Waals surface area contributed by atoms with Crippen molar-refractivity contribution >= 4 is 23.4 Å². The number of morpholine rings is 1. The number of carbonyl (C=O) groups excluding carboxylic acids is 2. The van der Waals surface area contributed by atoms with E-state index in [1.165, 1.54) is 25.3 Å². The number of nitrogens with one attached hydrogen (secondary N) is 2. The highest BCUT2D eigenvalue weighted by molar-refractivity contribution is 6.31. The van der Waals surface area contributed by atoms with Crippen LogP contribution in [-0.2, 0) is 14.3 Å². The smallest absolute Gasteiger partial charge is 0.242 e. The highest BCUT2D eigenvalue weighted by atomic mass is 35.5. The Morgan fingerprint density at radius 3 is 2.72 bits per heavy atom. The van der Waals surface area contributed by atoms with E-state index >= 15 is 0 Å². The monoisotopic (exact) mass is 467 g/mol. The Balaban J connectivity index is 1.60. The first-order chi connectivity index (χ1) is 15.3. The van der Waals surface area contributed by atoms with Crippen LogP contribution >= 0.6 is 11.6 Å². The molecule has 1 aromatic rings. The molecule has 0 radical (unpaired) electrons. The maximum atomic E-state index is 14.7. The molecule has 178 valence electrons. The summed E-state index contributed by atoms with van der Waals surface area (Å²) in [6, 6.07) is 3.53. The van der Waals surface area contributed by atoms with Crippen LogP contribution in [0.2, 0.25) is 5.02 Å². The maximum Gasteiger partial charge on any atom is 0.242 e. The van der Waals surface area contributed by atoms with E-state index < -0.39 is 17.9 Å². The highest BCUT2D eigenvalue weighted by Crippen LogP contribution is 2.31. The van der Waals surface area contributed by atoms with Crippen LogP contribution in [0.5, 0.6) is 0 Å². The van der Waals surface area contributed by atoms with Gasteiger partial charge in [0.25, 0.3) is 0 Å². The van der Waals surface area contributed by atoms with Crippen LogP contribution < -0.4 is 10.6 Å². The summed E-state index contributed by atoms with van der Waals surface area (Å²) in [5.74, 6) is -0.365. The van der Waals surface area contributed by atoms with Gasteiger partial charge >= 0.3 is 0 Å². The van der Waals surface area contributed by atoms with Crippen molar-refractivity contribution < 1.29 is 18.7 Å². The quantitative estimate of drug-likeness (QED) is 0.609. The third kappa shape index (κ3) is 6.90. The summed E-state index contributed by atoms with van der Waals surface area (Å²) in [4.78, 5) is 27.2. The first kappa shape index (κ1) is 24.9. The van der Waals surface area contributed by atoms with E-state index in [2.05, 4.69) is 15.5 Å². The van der Waals surface area contributed by atoms with Gasteiger partial charge in [-0.25, -0.2) is 4.39 Å². The molecule has 32 heavy (non-hydrogen) atoms. The molecule has 1 aromatic carbocycles. The van der Waals surface area contributed by atoms with Crippen LogP contribution in [0.15, 0.2) is 18.2 Å².